The van der Waals surface area contributed by atoms with Gasteiger partial charge in [0, 0.05) is 24.3 Å². The van der Waals surface area contributed by atoms with Gasteiger partial charge in [0.25, 0.3) is 0 Å². The SMILES string of the molecule is O=C(O)C=CC(=O)OCCOC(=O)C=CC(=O)O. The monoisotopic (exact) mass is 258 g/mol. The Morgan fingerprint density at radius 1 is 0.722 bits per heavy atom. The molecule has 8 heteroatoms. The van der Waals surface area contributed by atoms with Gasteiger partial charge in [-0.3, -0.25) is 0 Å². The van der Waals surface area contributed by atoms with Crippen molar-refractivity contribution >= 4 is 23.9 Å². The largest absolute Gasteiger partial charge is 0.478 e. The van der Waals surface area contributed by atoms with Gasteiger partial charge in [0.15, 0.2) is 0 Å². The highest BCUT2D eigenvalue weighted by molar-refractivity contribution is 5.91. The molecular formula is C10H10O8. The molecular weight excluding hydrogens is 248 g/mol. The lowest BCUT2D eigenvalue weighted by molar-refractivity contribution is -0.146. The van der Waals surface area contributed by atoms with Crippen LogP contribution in [0.1, 0.15) is 0 Å². The molecule has 0 aromatic carbocycles. The summed E-state index contributed by atoms with van der Waals surface area (Å²) in [4.78, 5) is 41.7. The van der Waals surface area contributed by atoms with Crippen molar-refractivity contribution in [1.82, 2.24) is 0 Å². The summed E-state index contributed by atoms with van der Waals surface area (Å²) in [6.07, 6.45) is 2.61. The molecule has 8 nitrogen and oxygen atoms in total. The zero-order chi connectivity index (χ0) is 14.0. The van der Waals surface area contributed by atoms with E-state index in [0.29, 0.717) is 24.3 Å². The van der Waals surface area contributed by atoms with Crippen molar-refractivity contribution in [2.45, 2.75) is 0 Å². The predicted molar refractivity (Wildman–Crippen MR) is 55.5 cm³/mol. The van der Waals surface area contributed by atoms with E-state index >= 15 is 0 Å². The van der Waals surface area contributed by atoms with E-state index in [0.717, 1.165) is 0 Å². The summed E-state index contributed by atoms with van der Waals surface area (Å²) >= 11 is 0. The molecule has 0 atom stereocenters. The van der Waals surface area contributed by atoms with Crippen LogP contribution in [0.4, 0.5) is 0 Å². The van der Waals surface area contributed by atoms with Crippen LogP contribution in [0.5, 0.6) is 0 Å². The molecule has 0 spiro atoms. The lowest BCUT2D eigenvalue weighted by atomic mass is 10.5. The molecule has 98 valence electrons. The molecule has 0 saturated heterocycles. The molecule has 0 aliphatic carbocycles. The second-order valence-electron chi connectivity index (χ2n) is 2.68. The minimum atomic E-state index is -1.29. The highest BCUT2D eigenvalue weighted by Crippen LogP contribution is 1.86. The minimum absolute atomic E-state index is 0.268. The lowest BCUT2D eigenvalue weighted by Crippen LogP contribution is -2.11. The molecule has 0 fully saturated rings. The number of hydrogen-bond donors (Lipinski definition) is 2. The molecule has 0 unspecified atom stereocenters. The van der Waals surface area contributed by atoms with Gasteiger partial charge in [-0.15, -0.1) is 0 Å². The first kappa shape index (κ1) is 15.4. The first-order valence-electron chi connectivity index (χ1n) is 4.57. The van der Waals surface area contributed by atoms with Gasteiger partial charge in [-0.25, -0.2) is 19.2 Å². The Labute approximate surface area is 101 Å². The van der Waals surface area contributed by atoms with Crippen LogP contribution in [-0.2, 0) is 28.7 Å². The Morgan fingerprint density at radius 3 is 1.33 bits per heavy atom. The van der Waals surface area contributed by atoms with Crippen molar-refractivity contribution in [3.63, 3.8) is 0 Å². The fourth-order valence-corrected chi connectivity index (χ4v) is 0.659. The van der Waals surface area contributed by atoms with Gasteiger partial charge in [0.05, 0.1) is 0 Å². The van der Waals surface area contributed by atoms with Crippen LogP contribution in [0.15, 0.2) is 24.3 Å². The molecule has 0 radical (unpaired) electrons. The molecule has 0 aromatic heterocycles. The highest BCUT2D eigenvalue weighted by atomic mass is 16.6. The molecule has 0 amide bonds. The number of ether oxygens (including phenoxy) is 2. The standard InChI is InChI=1S/C10H10O8/c11-7(12)1-3-9(15)17-5-6-18-10(16)4-2-8(13)14/h1-4H,5-6H2,(H,11,12)(H,13,14). The summed E-state index contributed by atoms with van der Waals surface area (Å²) in [5.74, 6) is -4.38. The van der Waals surface area contributed by atoms with Crippen LogP contribution < -0.4 is 0 Å². The van der Waals surface area contributed by atoms with Crippen LogP contribution in [0.25, 0.3) is 0 Å². The third kappa shape index (κ3) is 9.90. The zero-order valence-electron chi connectivity index (χ0n) is 9.07. The molecule has 2 N–H and O–H groups in total. The van der Waals surface area contributed by atoms with E-state index in [4.69, 9.17) is 10.2 Å². The van der Waals surface area contributed by atoms with Gasteiger partial charge >= 0.3 is 23.9 Å². The summed E-state index contributed by atoms with van der Waals surface area (Å²) in [5, 5.41) is 16.4. The van der Waals surface area contributed by atoms with Gasteiger partial charge in [0.1, 0.15) is 13.2 Å². The number of esters is 2. The van der Waals surface area contributed by atoms with Gasteiger partial charge in [0.2, 0.25) is 0 Å². The van der Waals surface area contributed by atoms with Crippen molar-refractivity contribution in [3.05, 3.63) is 24.3 Å². The van der Waals surface area contributed by atoms with Crippen molar-refractivity contribution in [2.75, 3.05) is 13.2 Å². The van der Waals surface area contributed by atoms with Crippen molar-refractivity contribution in [3.8, 4) is 0 Å². The molecule has 0 aliphatic rings. The summed E-state index contributed by atoms with van der Waals surface area (Å²) in [5.41, 5.74) is 0. The minimum Gasteiger partial charge on any atom is -0.478 e. The van der Waals surface area contributed by atoms with Crippen LogP contribution >= 0.6 is 0 Å². The van der Waals surface area contributed by atoms with Gasteiger partial charge in [-0.1, -0.05) is 0 Å². The first-order valence-corrected chi connectivity index (χ1v) is 4.57. The molecule has 0 aromatic rings. The van der Waals surface area contributed by atoms with E-state index in [2.05, 4.69) is 9.47 Å². The van der Waals surface area contributed by atoms with Crippen molar-refractivity contribution < 1.29 is 38.9 Å². The quantitative estimate of drug-likeness (QED) is 0.350. The molecule has 0 rings (SSSR count). The fraction of sp³-hybridized carbons (Fsp3) is 0.200. The number of hydrogen-bond acceptors (Lipinski definition) is 6. The summed E-state index contributed by atoms with van der Waals surface area (Å²) in [6.45, 7) is -0.537. The van der Waals surface area contributed by atoms with Crippen molar-refractivity contribution in [2.24, 2.45) is 0 Å². The smallest absolute Gasteiger partial charge is 0.331 e. The van der Waals surface area contributed by atoms with Crippen LogP contribution in [0.3, 0.4) is 0 Å². The number of aliphatic carboxylic acids is 2. The van der Waals surface area contributed by atoms with Gasteiger partial charge in [-0.05, 0) is 0 Å². The second-order valence-corrected chi connectivity index (χ2v) is 2.68. The molecule has 0 saturated carbocycles. The number of carbonyl (C=O) groups excluding carboxylic acids is 2. The van der Waals surface area contributed by atoms with E-state index in [1.165, 1.54) is 0 Å². The maximum atomic E-state index is 10.8. The molecule has 0 heterocycles. The van der Waals surface area contributed by atoms with Crippen molar-refractivity contribution in [1.29, 1.82) is 0 Å². The zero-order valence-corrected chi connectivity index (χ0v) is 9.07. The van der Waals surface area contributed by atoms with E-state index in [9.17, 15) is 19.2 Å². The molecule has 0 aliphatic heterocycles. The molecule has 0 bridgehead atoms. The topological polar surface area (TPSA) is 127 Å². The number of rotatable bonds is 7. The van der Waals surface area contributed by atoms with Crippen LogP contribution in [0, 0.1) is 0 Å². The maximum absolute atomic E-state index is 10.8. The Morgan fingerprint density at radius 2 is 1.06 bits per heavy atom. The highest BCUT2D eigenvalue weighted by Gasteiger charge is 2.01. The number of carbonyl (C=O) groups is 4. The Kier molecular flexibility index (Phi) is 7.26. The number of carboxylic acids is 2. The van der Waals surface area contributed by atoms with E-state index in [-0.39, 0.29) is 13.2 Å². The van der Waals surface area contributed by atoms with Gasteiger partial charge in [-0.2, -0.15) is 0 Å². The average Bonchev–Trinajstić information content (AvgIpc) is 2.29. The van der Waals surface area contributed by atoms with Crippen LogP contribution in [-0.4, -0.2) is 47.3 Å². The average molecular weight is 258 g/mol. The summed E-state index contributed by atoms with van der Waals surface area (Å²) in [6, 6.07) is 0. The molecule has 18 heavy (non-hydrogen) atoms. The third-order valence-corrected chi connectivity index (χ3v) is 1.30. The maximum Gasteiger partial charge on any atom is 0.331 e. The summed E-state index contributed by atoms with van der Waals surface area (Å²) < 4.78 is 8.92. The second kappa shape index (κ2) is 8.50. The Hall–Kier alpha value is -2.64. The van der Waals surface area contributed by atoms with E-state index in [1.54, 1.807) is 0 Å². The summed E-state index contributed by atoms with van der Waals surface area (Å²) in [7, 11) is 0. The normalized spacial score (nSPS) is 10.4. The predicted octanol–water partition coefficient (Wildman–Crippen LogP) is -0.646. The Bertz CT molecular complexity index is 355. The fourth-order valence-electron chi connectivity index (χ4n) is 0.659. The van der Waals surface area contributed by atoms with E-state index in [1.807, 2.05) is 0 Å². The first-order chi connectivity index (χ1) is 8.41. The lowest BCUT2D eigenvalue weighted by Gasteiger charge is -2.02. The Balaban J connectivity index is 3.74. The third-order valence-electron chi connectivity index (χ3n) is 1.30. The number of carboxylic acid groups (broad SMARTS) is 2. The van der Waals surface area contributed by atoms with Crippen LogP contribution in [0.2, 0.25) is 0 Å². The van der Waals surface area contributed by atoms with Gasteiger partial charge < -0.3 is 19.7 Å². The van der Waals surface area contributed by atoms with E-state index < -0.39 is 23.9 Å².